The summed E-state index contributed by atoms with van der Waals surface area (Å²) in [6, 6.07) is 13.6. The van der Waals surface area contributed by atoms with E-state index >= 15 is 0 Å². The van der Waals surface area contributed by atoms with Crippen LogP contribution in [0, 0.1) is 6.92 Å². The number of benzene rings is 1. The SMILES string of the molecule is Cc1ccc(/C=C/C(=O)NCC(CC(C)O)c2ccccc2)o1. The Morgan fingerprint density at radius 1 is 1.26 bits per heavy atom. The summed E-state index contributed by atoms with van der Waals surface area (Å²) >= 11 is 0. The van der Waals surface area contributed by atoms with Crippen LogP contribution in [0.15, 0.2) is 53.0 Å². The van der Waals surface area contributed by atoms with Crippen molar-refractivity contribution in [3.8, 4) is 0 Å². The predicted octanol–water partition coefficient (Wildman–Crippen LogP) is 3.27. The number of aliphatic hydroxyl groups excluding tert-OH is 1. The van der Waals surface area contributed by atoms with Crippen LogP contribution in [-0.2, 0) is 4.79 Å². The first-order valence-electron chi connectivity index (χ1n) is 7.80. The van der Waals surface area contributed by atoms with E-state index in [2.05, 4.69) is 5.32 Å². The molecule has 2 rings (SSSR count). The molecular formula is C19H23NO3. The van der Waals surface area contributed by atoms with Gasteiger partial charge in [0.25, 0.3) is 0 Å². The van der Waals surface area contributed by atoms with Crippen molar-refractivity contribution in [1.29, 1.82) is 0 Å². The van der Waals surface area contributed by atoms with Crippen LogP contribution in [0.1, 0.15) is 36.3 Å². The first kappa shape index (κ1) is 17.0. The molecule has 4 nitrogen and oxygen atoms in total. The maximum atomic E-state index is 11.9. The molecule has 0 aliphatic heterocycles. The van der Waals surface area contributed by atoms with Crippen LogP contribution in [-0.4, -0.2) is 23.7 Å². The van der Waals surface area contributed by atoms with E-state index in [4.69, 9.17) is 4.42 Å². The Hall–Kier alpha value is -2.33. The smallest absolute Gasteiger partial charge is 0.244 e. The zero-order valence-electron chi connectivity index (χ0n) is 13.5. The van der Waals surface area contributed by atoms with Gasteiger partial charge in [-0.3, -0.25) is 4.79 Å². The summed E-state index contributed by atoms with van der Waals surface area (Å²) in [7, 11) is 0. The molecule has 2 atom stereocenters. The highest BCUT2D eigenvalue weighted by molar-refractivity contribution is 5.91. The van der Waals surface area contributed by atoms with Gasteiger partial charge in [-0.1, -0.05) is 30.3 Å². The molecule has 0 spiro atoms. The summed E-state index contributed by atoms with van der Waals surface area (Å²) in [5.74, 6) is 1.37. The van der Waals surface area contributed by atoms with E-state index in [0.29, 0.717) is 18.7 Å². The molecule has 1 aromatic carbocycles. The van der Waals surface area contributed by atoms with Gasteiger partial charge in [0.2, 0.25) is 5.91 Å². The van der Waals surface area contributed by atoms with Crippen LogP contribution >= 0.6 is 0 Å². The largest absolute Gasteiger partial charge is 0.462 e. The zero-order chi connectivity index (χ0) is 16.7. The van der Waals surface area contributed by atoms with E-state index in [1.165, 1.54) is 6.08 Å². The van der Waals surface area contributed by atoms with Crippen LogP contribution in [0.3, 0.4) is 0 Å². The van der Waals surface area contributed by atoms with Crippen LogP contribution in [0.2, 0.25) is 0 Å². The Balaban J connectivity index is 1.92. The quantitative estimate of drug-likeness (QED) is 0.771. The number of aryl methyl sites for hydroxylation is 1. The molecule has 1 amide bonds. The molecule has 2 aromatic rings. The molecule has 0 saturated carbocycles. The van der Waals surface area contributed by atoms with Gasteiger partial charge in [-0.2, -0.15) is 0 Å². The topological polar surface area (TPSA) is 62.5 Å². The maximum absolute atomic E-state index is 11.9. The average molecular weight is 313 g/mol. The summed E-state index contributed by atoms with van der Waals surface area (Å²) in [5, 5.41) is 12.5. The van der Waals surface area contributed by atoms with Gasteiger partial charge in [-0.05, 0) is 44.0 Å². The predicted molar refractivity (Wildman–Crippen MR) is 91.0 cm³/mol. The van der Waals surface area contributed by atoms with Crippen LogP contribution in [0.4, 0.5) is 0 Å². The summed E-state index contributed by atoms with van der Waals surface area (Å²) in [6.45, 7) is 4.10. The van der Waals surface area contributed by atoms with Crippen LogP contribution in [0.25, 0.3) is 6.08 Å². The number of hydrogen-bond acceptors (Lipinski definition) is 3. The summed E-state index contributed by atoms with van der Waals surface area (Å²) in [5.41, 5.74) is 1.11. The number of hydrogen-bond donors (Lipinski definition) is 2. The van der Waals surface area contributed by atoms with Gasteiger partial charge in [0.1, 0.15) is 11.5 Å². The fourth-order valence-electron chi connectivity index (χ4n) is 2.46. The summed E-state index contributed by atoms with van der Waals surface area (Å²) < 4.78 is 5.38. The molecule has 122 valence electrons. The molecule has 2 N–H and O–H groups in total. The highest BCUT2D eigenvalue weighted by Crippen LogP contribution is 2.20. The Labute approximate surface area is 136 Å². The minimum Gasteiger partial charge on any atom is -0.462 e. The van der Waals surface area contributed by atoms with Crippen LogP contribution in [0.5, 0.6) is 0 Å². The highest BCUT2D eigenvalue weighted by atomic mass is 16.3. The van der Waals surface area contributed by atoms with Gasteiger partial charge in [0.05, 0.1) is 6.10 Å². The minimum absolute atomic E-state index is 0.0828. The molecule has 1 aromatic heterocycles. The minimum atomic E-state index is -0.418. The molecule has 1 heterocycles. The van der Waals surface area contributed by atoms with E-state index in [9.17, 15) is 9.90 Å². The molecular weight excluding hydrogens is 290 g/mol. The van der Waals surface area contributed by atoms with E-state index in [1.807, 2.05) is 49.4 Å². The van der Waals surface area contributed by atoms with Crippen molar-refractivity contribution in [1.82, 2.24) is 5.32 Å². The van der Waals surface area contributed by atoms with Gasteiger partial charge in [-0.15, -0.1) is 0 Å². The van der Waals surface area contributed by atoms with Crippen molar-refractivity contribution in [2.45, 2.75) is 32.3 Å². The number of nitrogens with one attached hydrogen (secondary N) is 1. The Morgan fingerprint density at radius 3 is 2.61 bits per heavy atom. The normalized spacial score (nSPS) is 13.9. The van der Waals surface area contributed by atoms with E-state index in [-0.39, 0.29) is 11.8 Å². The van der Waals surface area contributed by atoms with Crippen molar-refractivity contribution in [3.63, 3.8) is 0 Å². The molecule has 0 aliphatic carbocycles. The van der Waals surface area contributed by atoms with Gasteiger partial charge >= 0.3 is 0 Å². The van der Waals surface area contributed by atoms with E-state index in [1.54, 1.807) is 13.0 Å². The van der Waals surface area contributed by atoms with Crippen molar-refractivity contribution < 1.29 is 14.3 Å². The average Bonchev–Trinajstić information content (AvgIpc) is 2.95. The molecule has 0 aliphatic rings. The number of carbonyl (C=O) groups is 1. The number of furan rings is 1. The second-order valence-electron chi connectivity index (χ2n) is 5.72. The lowest BCUT2D eigenvalue weighted by molar-refractivity contribution is -0.116. The number of rotatable bonds is 7. The lowest BCUT2D eigenvalue weighted by Crippen LogP contribution is -2.28. The van der Waals surface area contributed by atoms with E-state index < -0.39 is 6.10 Å². The summed E-state index contributed by atoms with van der Waals surface area (Å²) in [4.78, 5) is 11.9. The van der Waals surface area contributed by atoms with E-state index in [0.717, 1.165) is 11.3 Å². The van der Waals surface area contributed by atoms with Gasteiger partial charge in [0, 0.05) is 18.5 Å². The lowest BCUT2D eigenvalue weighted by Gasteiger charge is -2.19. The zero-order valence-corrected chi connectivity index (χ0v) is 13.5. The molecule has 4 heteroatoms. The maximum Gasteiger partial charge on any atom is 0.244 e. The first-order valence-corrected chi connectivity index (χ1v) is 7.80. The second kappa shape index (κ2) is 8.34. The molecule has 23 heavy (non-hydrogen) atoms. The van der Waals surface area contributed by atoms with Crippen molar-refractivity contribution in [2.75, 3.05) is 6.54 Å². The molecule has 0 bridgehead atoms. The van der Waals surface area contributed by atoms with Crippen molar-refractivity contribution >= 4 is 12.0 Å². The Morgan fingerprint density at radius 2 is 2.00 bits per heavy atom. The third-order valence-electron chi connectivity index (χ3n) is 3.58. The number of amides is 1. The fraction of sp³-hybridized carbons (Fsp3) is 0.316. The number of aliphatic hydroxyl groups is 1. The fourth-order valence-corrected chi connectivity index (χ4v) is 2.46. The highest BCUT2D eigenvalue weighted by Gasteiger charge is 2.14. The Bertz CT molecular complexity index is 644. The lowest BCUT2D eigenvalue weighted by atomic mass is 9.93. The number of carbonyl (C=O) groups excluding carboxylic acids is 1. The van der Waals surface area contributed by atoms with Crippen molar-refractivity contribution in [3.05, 3.63) is 65.6 Å². The van der Waals surface area contributed by atoms with Crippen LogP contribution < -0.4 is 5.32 Å². The standard InChI is InChI=1S/C19H23NO3/c1-14(21)12-17(16-6-4-3-5-7-16)13-20-19(22)11-10-18-9-8-15(2)23-18/h3-11,14,17,21H,12-13H2,1-2H3,(H,20,22)/b11-10+. The van der Waals surface area contributed by atoms with Gasteiger partial charge in [0.15, 0.2) is 0 Å². The monoisotopic (exact) mass is 313 g/mol. The van der Waals surface area contributed by atoms with Crippen molar-refractivity contribution in [2.24, 2.45) is 0 Å². The first-order chi connectivity index (χ1) is 11.0. The Kier molecular flexibility index (Phi) is 6.18. The molecule has 0 fully saturated rings. The second-order valence-corrected chi connectivity index (χ2v) is 5.72. The third-order valence-corrected chi connectivity index (χ3v) is 3.58. The molecule has 0 radical (unpaired) electrons. The molecule has 2 unspecified atom stereocenters. The third kappa shape index (κ3) is 5.75. The summed E-state index contributed by atoms with van der Waals surface area (Å²) in [6.07, 6.45) is 3.29. The van der Waals surface area contributed by atoms with Gasteiger partial charge < -0.3 is 14.8 Å². The van der Waals surface area contributed by atoms with Gasteiger partial charge in [-0.25, -0.2) is 0 Å². The molecule has 0 saturated heterocycles.